The van der Waals surface area contributed by atoms with Crippen molar-refractivity contribution in [3.05, 3.63) is 17.5 Å². The van der Waals surface area contributed by atoms with Crippen molar-refractivity contribution in [1.29, 1.82) is 0 Å². The molecule has 21 heavy (non-hydrogen) atoms. The summed E-state index contributed by atoms with van der Waals surface area (Å²) in [6.07, 6.45) is 7.22. The maximum Gasteiger partial charge on any atom is 0.257 e. The smallest absolute Gasteiger partial charge is 0.257 e. The summed E-state index contributed by atoms with van der Waals surface area (Å²) in [5.41, 5.74) is 1.75. The number of hydrogen-bond acceptors (Lipinski definition) is 3. The normalized spacial score (nSPS) is 19.3. The topological polar surface area (TPSA) is 50.2 Å². The molecule has 0 spiro atoms. The molecule has 0 aromatic carbocycles. The highest BCUT2D eigenvalue weighted by molar-refractivity contribution is 5.95. The number of aromatic nitrogens is 2. The monoisotopic (exact) mass is 292 g/mol. The number of nitrogens with one attached hydrogen (secondary N) is 1. The van der Waals surface area contributed by atoms with Crippen LogP contribution in [-0.2, 0) is 6.54 Å². The van der Waals surface area contributed by atoms with Crippen LogP contribution in [-0.4, -0.2) is 46.8 Å². The number of aryl methyl sites for hydroxylation is 1. The summed E-state index contributed by atoms with van der Waals surface area (Å²) >= 11 is 0. The Morgan fingerprint density at radius 1 is 1.48 bits per heavy atom. The van der Waals surface area contributed by atoms with Crippen LogP contribution in [0.5, 0.6) is 0 Å². The first-order valence-electron chi connectivity index (χ1n) is 8.15. The standard InChI is InChI=1S/C16H28N4O/c1-4-5-11-20-13(2)15(12-18-20)16(21)19(3)14-7-6-9-17-10-8-14/h12,14,17H,4-11H2,1-3H3. The Labute approximate surface area is 127 Å². The van der Waals surface area contributed by atoms with E-state index in [9.17, 15) is 4.79 Å². The molecular weight excluding hydrogens is 264 g/mol. The molecule has 2 heterocycles. The van der Waals surface area contributed by atoms with Crippen LogP contribution < -0.4 is 5.32 Å². The fourth-order valence-electron chi connectivity index (χ4n) is 2.93. The van der Waals surface area contributed by atoms with Gasteiger partial charge >= 0.3 is 0 Å². The van der Waals surface area contributed by atoms with E-state index in [4.69, 9.17) is 0 Å². The molecule has 5 heteroatoms. The van der Waals surface area contributed by atoms with Crippen molar-refractivity contribution in [1.82, 2.24) is 20.0 Å². The zero-order valence-corrected chi connectivity index (χ0v) is 13.6. The third-order valence-electron chi connectivity index (χ3n) is 4.47. The molecule has 0 aliphatic carbocycles. The maximum absolute atomic E-state index is 12.7. The van der Waals surface area contributed by atoms with Gasteiger partial charge in [0.2, 0.25) is 0 Å². The SMILES string of the molecule is CCCCn1ncc(C(=O)N(C)C2CCCNCC2)c1C. The van der Waals surface area contributed by atoms with Gasteiger partial charge in [0.15, 0.2) is 0 Å². The minimum atomic E-state index is 0.113. The van der Waals surface area contributed by atoms with Gasteiger partial charge in [-0.3, -0.25) is 9.48 Å². The second-order valence-electron chi connectivity index (χ2n) is 5.97. The minimum absolute atomic E-state index is 0.113. The van der Waals surface area contributed by atoms with E-state index < -0.39 is 0 Å². The zero-order valence-electron chi connectivity index (χ0n) is 13.6. The number of amides is 1. The number of unbranched alkanes of at least 4 members (excludes halogenated alkanes) is 1. The van der Waals surface area contributed by atoms with Crippen molar-refractivity contribution in [2.45, 2.75) is 58.5 Å². The summed E-state index contributed by atoms with van der Waals surface area (Å²) in [6, 6.07) is 0.339. The van der Waals surface area contributed by atoms with Crippen molar-refractivity contribution in [3.63, 3.8) is 0 Å². The third kappa shape index (κ3) is 3.84. The van der Waals surface area contributed by atoms with Gasteiger partial charge in [0, 0.05) is 25.3 Å². The lowest BCUT2D eigenvalue weighted by Crippen LogP contribution is -2.37. The number of rotatable bonds is 5. The highest BCUT2D eigenvalue weighted by atomic mass is 16.2. The van der Waals surface area contributed by atoms with Crippen molar-refractivity contribution in [3.8, 4) is 0 Å². The summed E-state index contributed by atoms with van der Waals surface area (Å²) in [5, 5.41) is 7.77. The Morgan fingerprint density at radius 3 is 3.05 bits per heavy atom. The summed E-state index contributed by atoms with van der Waals surface area (Å²) in [7, 11) is 1.93. The second kappa shape index (κ2) is 7.59. The van der Waals surface area contributed by atoms with Crippen LogP contribution in [0.15, 0.2) is 6.20 Å². The molecule has 0 saturated carbocycles. The van der Waals surface area contributed by atoms with E-state index in [1.807, 2.05) is 23.6 Å². The largest absolute Gasteiger partial charge is 0.339 e. The molecule has 1 saturated heterocycles. The molecule has 5 nitrogen and oxygen atoms in total. The van der Waals surface area contributed by atoms with Crippen LogP contribution in [0.3, 0.4) is 0 Å². The van der Waals surface area contributed by atoms with E-state index in [-0.39, 0.29) is 5.91 Å². The lowest BCUT2D eigenvalue weighted by Gasteiger charge is -2.27. The molecule has 1 amide bonds. The molecule has 1 N–H and O–H groups in total. The van der Waals surface area contributed by atoms with Gasteiger partial charge in [-0.15, -0.1) is 0 Å². The highest BCUT2D eigenvalue weighted by Gasteiger charge is 2.24. The molecule has 1 aromatic rings. The summed E-state index contributed by atoms with van der Waals surface area (Å²) in [5.74, 6) is 0.113. The van der Waals surface area contributed by atoms with E-state index in [1.165, 1.54) is 0 Å². The van der Waals surface area contributed by atoms with Crippen molar-refractivity contribution in [2.75, 3.05) is 20.1 Å². The average molecular weight is 292 g/mol. The Balaban J connectivity index is 2.06. The fraction of sp³-hybridized carbons (Fsp3) is 0.750. The first kappa shape index (κ1) is 16.0. The van der Waals surface area contributed by atoms with Gasteiger partial charge in [-0.1, -0.05) is 13.3 Å². The van der Waals surface area contributed by atoms with Crippen LogP contribution in [0.25, 0.3) is 0 Å². The lowest BCUT2D eigenvalue weighted by atomic mass is 10.1. The molecule has 1 atom stereocenters. The Morgan fingerprint density at radius 2 is 2.29 bits per heavy atom. The first-order valence-corrected chi connectivity index (χ1v) is 8.15. The molecule has 1 fully saturated rings. The van der Waals surface area contributed by atoms with Gasteiger partial charge in [0.25, 0.3) is 5.91 Å². The van der Waals surface area contributed by atoms with Crippen LogP contribution >= 0.6 is 0 Å². The van der Waals surface area contributed by atoms with Gasteiger partial charge < -0.3 is 10.2 Å². The molecule has 1 aliphatic heterocycles. The molecule has 1 unspecified atom stereocenters. The average Bonchev–Trinajstić information content (AvgIpc) is 2.70. The fourth-order valence-corrected chi connectivity index (χ4v) is 2.93. The molecule has 0 bridgehead atoms. The predicted molar refractivity (Wildman–Crippen MR) is 84.5 cm³/mol. The molecule has 1 aromatic heterocycles. The molecule has 1 aliphatic rings. The second-order valence-corrected chi connectivity index (χ2v) is 5.97. The van der Waals surface area contributed by atoms with Gasteiger partial charge in [0.05, 0.1) is 11.8 Å². The molecule has 2 rings (SSSR count). The van der Waals surface area contributed by atoms with E-state index in [1.54, 1.807) is 6.20 Å². The summed E-state index contributed by atoms with van der Waals surface area (Å²) in [4.78, 5) is 14.6. The van der Waals surface area contributed by atoms with Gasteiger partial charge in [0.1, 0.15) is 0 Å². The van der Waals surface area contributed by atoms with Crippen molar-refractivity contribution < 1.29 is 4.79 Å². The van der Waals surface area contributed by atoms with E-state index in [0.717, 1.165) is 63.0 Å². The molecule has 118 valence electrons. The predicted octanol–water partition coefficient (Wildman–Crippen LogP) is 2.21. The van der Waals surface area contributed by atoms with Crippen molar-refractivity contribution >= 4 is 5.91 Å². The van der Waals surface area contributed by atoms with E-state index in [2.05, 4.69) is 17.3 Å². The Kier molecular flexibility index (Phi) is 5.79. The van der Waals surface area contributed by atoms with Crippen LogP contribution in [0.2, 0.25) is 0 Å². The number of carbonyl (C=O) groups excluding carboxylic acids is 1. The van der Waals surface area contributed by atoms with Gasteiger partial charge in [-0.2, -0.15) is 5.10 Å². The summed E-state index contributed by atoms with van der Waals surface area (Å²) < 4.78 is 1.96. The lowest BCUT2D eigenvalue weighted by molar-refractivity contribution is 0.0719. The zero-order chi connectivity index (χ0) is 15.2. The quantitative estimate of drug-likeness (QED) is 0.905. The maximum atomic E-state index is 12.7. The van der Waals surface area contributed by atoms with E-state index in [0.29, 0.717) is 6.04 Å². The number of nitrogens with zero attached hydrogens (tertiary/aromatic N) is 3. The van der Waals surface area contributed by atoms with Gasteiger partial charge in [-0.25, -0.2) is 0 Å². The summed E-state index contributed by atoms with van der Waals surface area (Å²) in [6.45, 7) is 7.12. The number of carbonyl (C=O) groups is 1. The van der Waals surface area contributed by atoms with Crippen LogP contribution in [0.1, 0.15) is 55.1 Å². The minimum Gasteiger partial charge on any atom is -0.339 e. The number of hydrogen-bond donors (Lipinski definition) is 1. The Hall–Kier alpha value is -1.36. The Bertz CT molecular complexity index is 461. The van der Waals surface area contributed by atoms with Crippen LogP contribution in [0.4, 0.5) is 0 Å². The third-order valence-corrected chi connectivity index (χ3v) is 4.47. The van der Waals surface area contributed by atoms with Crippen molar-refractivity contribution in [2.24, 2.45) is 0 Å². The van der Waals surface area contributed by atoms with Crippen LogP contribution in [0, 0.1) is 6.92 Å². The highest BCUT2D eigenvalue weighted by Crippen LogP contribution is 2.17. The molecule has 0 radical (unpaired) electrons. The van der Waals surface area contributed by atoms with Gasteiger partial charge in [-0.05, 0) is 45.7 Å². The molecular formula is C16H28N4O. The van der Waals surface area contributed by atoms with E-state index >= 15 is 0 Å². The first-order chi connectivity index (χ1) is 10.1.